The second kappa shape index (κ2) is 8.24. The molecular weight excluding hydrogens is 359 g/mol. The highest BCUT2D eigenvalue weighted by Gasteiger charge is 2.22. The minimum absolute atomic E-state index is 0.168. The summed E-state index contributed by atoms with van der Waals surface area (Å²) in [6.45, 7) is 3.36. The van der Waals surface area contributed by atoms with Crippen molar-refractivity contribution >= 4 is 27.4 Å². The molecule has 24 heavy (non-hydrogen) atoms. The van der Waals surface area contributed by atoms with Gasteiger partial charge >= 0.3 is 5.97 Å². The number of nitrogens with zero attached hydrogens (tertiary/aromatic N) is 2. The number of benzene rings is 1. The molecule has 0 bridgehead atoms. The molecule has 2 rings (SSSR count). The third kappa shape index (κ3) is 5.70. The van der Waals surface area contributed by atoms with Gasteiger partial charge in [-0.15, -0.1) is 0 Å². The summed E-state index contributed by atoms with van der Waals surface area (Å²) in [6.07, 6.45) is 0. The monoisotopic (exact) mass is 378 g/mol. The molecule has 1 aliphatic rings. The standard InChI is InChI=1S/C15H20ClFN2O4S/c16-13-2-1-3-14(17)12(13)10-19-6-4-18(5-7-19)8-9-24(22,23)11-15(20)21/h1-3H,4-11H2,(H,20,21). The molecule has 134 valence electrons. The molecule has 0 saturated carbocycles. The molecule has 0 aliphatic carbocycles. The lowest BCUT2D eigenvalue weighted by Gasteiger charge is -2.34. The van der Waals surface area contributed by atoms with Gasteiger partial charge in [0, 0.05) is 49.9 Å². The highest BCUT2D eigenvalue weighted by atomic mass is 35.5. The van der Waals surface area contributed by atoms with E-state index in [0.29, 0.717) is 49.9 Å². The fourth-order valence-electron chi connectivity index (χ4n) is 2.61. The van der Waals surface area contributed by atoms with Crippen LogP contribution in [0.1, 0.15) is 5.56 Å². The van der Waals surface area contributed by atoms with E-state index in [1.807, 2.05) is 4.90 Å². The first-order valence-corrected chi connectivity index (χ1v) is 9.76. The van der Waals surface area contributed by atoms with Crippen LogP contribution in [0.4, 0.5) is 4.39 Å². The topological polar surface area (TPSA) is 77.9 Å². The van der Waals surface area contributed by atoms with Crippen LogP contribution in [-0.2, 0) is 21.2 Å². The summed E-state index contributed by atoms with van der Waals surface area (Å²) in [4.78, 5) is 14.5. The maximum atomic E-state index is 13.8. The van der Waals surface area contributed by atoms with E-state index >= 15 is 0 Å². The zero-order chi connectivity index (χ0) is 17.7. The van der Waals surface area contributed by atoms with Crippen molar-refractivity contribution in [3.8, 4) is 0 Å². The van der Waals surface area contributed by atoms with E-state index in [9.17, 15) is 17.6 Å². The molecule has 0 atom stereocenters. The number of hydrogen-bond acceptors (Lipinski definition) is 5. The molecule has 0 unspecified atom stereocenters. The number of aliphatic carboxylic acids is 1. The number of rotatable bonds is 7. The molecule has 1 aliphatic heterocycles. The Balaban J connectivity index is 1.80. The molecule has 9 heteroatoms. The number of piperazine rings is 1. The third-order valence-electron chi connectivity index (χ3n) is 3.97. The third-order valence-corrected chi connectivity index (χ3v) is 5.82. The predicted octanol–water partition coefficient (Wildman–Crippen LogP) is 1.10. The Kier molecular flexibility index (Phi) is 6.56. The van der Waals surface area contributed by atoms with E-state index in [1.54, 1.807) is 12.1 Å². The molecular formula is C15H20ClFN2O4S. The summed E-state index contributed by atoms with van der Waals surface area (Å²) in [7, 11) is -3.58. The quantitative estimate of drug-likeness (QED) is 0.765. The Morgan fingerprint density at radius 2 is 1.83 bits per heavy atom. The van der Waals surface area contributed by atoms with Gasteiger partial charge in [-0.2, -0.15) is 0 Å². The van der Waals surface area contributed by atoms with Crippen molar-refractivity contribution in [1.29, 1.82) is 0 Å². The van der Waals surface area contributed by atoms with Gasteiger partial charge in [-0.05, 0) is 12.1 Å². The van der Waals surface area contributed by atoms with Gasteiger partial charge in [0.05, 0.1) is 5.75 Å². The van der Waals surface area contributed by atoms with Gasteiger partial charge in [0.15, 0.2) is 9.84 Å². The van der Waals surface area contributed by atoms with Crippen molar-refractivity contribution in [1.82, 2.24) is 9.80 Å². The number of carboxylic acid groups (broad SMARTS) is 1. The highest BCUT2D eigenvalue weighted by Crippen LogP contribution is 2.21. The van der Waals surface area contributed by atoms with Crippen LogP contribution in [-0.4, -0.2) is 73.5 Å². The average molecular weight is 379 g/mol. The van der Waals surface area contributed by atoms with Crippen LogP contribution in [0.25, 0.3) is 0 Å². The Morgan fingerprint density at radius 3 is 2.42 bits per heavy atom. The molecule has 1 heterocycles. The first kappa shape index (κ1) is 19.1. The van der Waals surface area contributed by atoms with Crippen molar-refractivity contribution < 1.29 is 22.7 Å². The number of halogens is 2. The van der Waals surface area contributed by atoms with Crippen LogP contribution in [0.3, 0.4) is 0 Å². The largest absolute Gasteiger partial charge is 0.480 e. The van der Waals surface area contributed by atoms with E-state index in [-0.39, 0.29) is 11.6 Å². The number of sulfone groups is 1. The fourth-order valence-corrected chi connectivity index (χ4v) is 3.89. The van der Waals surface area contributed by atoms with Crippen LogP contribution < -0.4 is 0 Å². The number of hydrogen-bond donors (Lipinski definition) is 1. The van der Waals surface area contributed by atoms with Crippen LogP contribution in [0.15, 0.2) is 18.2 Å². The van der Waals surface area contributed by atoms with Gasteiger partial charge in [0.25, 0.3) is 0 Å². The summed E-state index contributed by atoms with van der Waals surface area (Å²) in [5.41, 5.74) is 0.469. The van der Waals surface area contributed by atoms with Gasteiger partial charge < -0.3 is 5.11 Å². The molecule has 0 radical (unpaired) electrons. The van der Waals surface area contributed by atoms with Gasteiger partial charge in [-0.3, -0.25) is 14.6 Å². The summed E-state index contributed by atoms with van der Waals surface area (Å²) >= 11 is 6.03. The Hall–Kier alpha value is -1.22. The molecule has 6 nitrogen and oxygen atoms in total. The Morgan fingerprint density at radius 1 is 1.21 bits per heavy atom. The summed E-state index contributed by atoms with van der Waals surface area (Å²) < 4.78 is 37.0. The van der Waals surface area contributed by atoms with Gasteiger partial charge in [0.2, 0.25) is 0 Å². The van der Waals surface area contributed by atoms with Gasteiger partial charge in [0.1, 0.15) is 11.6 Å². The van der Waals surface area contributed by atoms with E-state index in [1.165, 1.54) is 6.07 Å². The molecule has 1 aromatic rings. The summed E-state index contributed by atoms with van der Waals surface area (Å²) in [6, 6.07) is 4.60. The average Bonchev–Trinajstić information content (AvgIpc) is 2.49. The lowest BCUT2D eigenvalue weighted by molar-refractivity contribution is -0.134. The molecule has 1 aromatic carbocycles. The van der Waals surface area contributed by atoms with Crippen molar-refractivity contribution in [2.45, 2.75) is 6.54 Å². The normalized spacial score (nSPS) is 17.1. The summed E-state index contributed by atoms with van der Waals surface area (Å²) in [5, 5.41) is 8.97. The summed E-state index contributed by atoms with van der Waals surface area (Å²) in [5.74, 6) is -2.66. The predicted molar refractivity (Wildman–Crippen MR) is 89.4 cm³/mol. The lowest BCUT2D eigenvalue weighted by Crippen LogP contribution is -2.47. The van der Waals surface area contributed by atoms with E-state index in [2.05, 4.69) is 4.90 Å². The highest BCUT2D eigenvalue weighted by molar-refractivity contribution is 7.92. The molecule has 1 fully saturated rings. The molecule has 0 spiro atoms. The minimum Gasteiger partial charge on any atom is -0.480 e. The minimum atomic E-state index is -3.58. The Bertz CT molecular complexity index is 670. The SMILES string of the molecule is O=C(O)CS(=O)(=O)CCN1CCN(Cc2c(F)cccc2Cl)CC1. The number of carbonyl (C=O) groups is 1. The first-order chi connectivity index (χ1) is 11.3. The number of carboxylic acids is 1. The smallest absolute Gasteiger partial charge is 0.318 e. The maximum absolute atomic E-state index is 13.8. The molecule has 1 N–H and O–H groups in total. The van der Waals surface area contributed by atoms with Crippen LogP contribution in [0, 0.1) is 5.82 Å². The lowest BCUT2D eigenvalue weighted by atomic mass is 10.2. The van der Waals surface area contributed by atoms with Crippen LogP contribution >= 0.6 is 11.6 Å². The van der Waals surface area contributed by atoms with Crippen molar-refractivity contribution in [2.75, 3.05) is 44.2 Å². The molecule has 0 aromatic heterocycles. The molecule has 1 saturated heterocycles. The van der Waals surface area contributed by atoms with E-state index < -0.39 is 21.6 Å². The van der Waals surface area contributed by atoms with Crippen molar-refractivity contribution in [3.63, 3.8) is 0 Å². The van der Waals surface area contributed by atoms with E-state index in [4.69, 9.17) is 16.7 Å². The zero-order valence-corrected chi connectivity index (χ0v) is 14.7. The van der Waals surface area contributed by atoms with Crippen molar-refractivity contribution in [3.05, 3.63) is 34.6 Å². The first-order valence-electron chi connectivity index (χ1n) is 7.56. The van der Waals surface area contributed by atoms with Crippen LogP contribution in [0.2, 0.25) is 5.02 Å². The zero-order valence-electron chi connectivity index (χ0n) is 13.1. The van der Waals surface area contributed by atoms with Crippen molar-refractivity contribution in [2.24, 2.45) is 0 Å². The maximum Gasteiger partial charge on any atom is 0.318 e. The van der Waals surface area contributed by atoms with Crippen LogP contribution in [0.5, 0.6) is 0 Å². The second-order valence-electron chi connectivity index (χ2n) is 5.80. The van der Waals surface area contributed by atoms with Gasteiger partial charge in [-0.25, -0.2) is 12.8 Å². The fraction of sp³-hybridized carbons (Fsp3) is 0.533. The second-order valence-corrected chi connectivity index (χ2v) is 8.40. The van der Waals surface area contributed by atoms with E-state index in [0.717, 1.165) is 0 Å². The Labute approximate surface area is 145 Å². The molecule has 0 amide bonds. The van der Waals surface area contributed by atoms with Gasteiger partial charge in [-0.1, -0.05) is 17.7 Å².